The van der Waals surface area contributed by atoms with E-state index in [2.05, 4.69) is 22.5 Å². The first-order valence-corrected chi connectivity index (χ1v) is 6.05. The number of hydrogen-bond donors (Lipinski definition) is 3. The van der Waals surface area contributed by atoms with Crippen molar-refractivity contribution in [3.63, 3.8) is 0 Å². The van der Waals surface area contributed by atoms with Crippen molar-refractivity contribution < 1.29 is 9.21 Å². The summed E-state index contributed by atoms with van der Waals surface area (Å²) in [5.41, 5.74) is 5.59. The van der Waals surface area contributed by atoms with Crippen LogP contribution < -0.4 is 16.4 Å². The van der Waals surface area contributed by atoms with Crippen molar-refractivity contribution in [2.24, 2.45) is 10.7 Å². The molecule has 0 unspecified atom stereocenters. The van der Waals surface area contributed by atoms with Gasteiger partial charge in [-0.15, -0.1) is 24.0 Å². The molecule has 7 heteroatoms. The van der Waals surface area contributed by atoms with Gasteiger partial charge in [-0.3, -0.25) is 4.79 Å². The fraction of sp³-hybridized carbons (Fsp3) is 0.500. The largest absolute Gasteiger partial charge is 0.467 e. The fourth-order valence-corrected chi connectivity index (χ4v) is 1.26. The van der Waals surface area contributed by atoms with Crippen LogP contribution in [-0.2, 0) is 11.3 Å². The Kier molecular flexibility index (Phi) is 9.95. The Labute approximate surface area is 130 Å². The maximum Gasteiger partial charge on any atom is 0.242 e. The topological polar surface area (TPSA) is 92.6 Å². The SMILES string of the molecule is CCCCNC(N)=NCC(=O)NCc1ccco1.I. The Morgan fingerprint density at radius 1 is 1.47 bits per heavy atom. The maximum atomic E-state index is 11.4. The lowest BCUT2D eigenvalue weighted by atomic mass is 10.3. The third kappa shape index (κ3) is 8.46. The van der Waals surface area contributed by atoms with Gasteiger partial charge in [0.2, 0.25) is 5.91 Å². The quantitative estimate of drug-likeness (QED) is 0.287. The van der Waals surface area contributed by atoms with Gasteiger partial charge >= 0.3 is 0 Å². The molecule has 1 rings (SSSR count). The molecule has 0 spiro atoms. The van der Waals surface area contributed by atoms with Gasteiger partial charge in [0, 0.05) is 6.54 Å². The van der Waals surface area contributed by atoms with Crippen LogP contribution in [0.3, 0.4) is 0 Å². The molecular weight excluding hydrogens is 359 g/mol. The van der Waals surface area contributed by atoms with Crippen LogP contribution in [0.15, 0.2) is 27.8 Å². The first kappa shape index (κ1) is 17.8. The molecule has 6 nitrogen and oxygen atoms in total. The molecule has 1 aromatic rings. The van der Waals surface area contributed by atoms with E-state index in [1.807, 2.05) is 0 Å². The zero-order chi connectivity index (χ0) is 13.2. The fourth-order valence-electron chi connectivity index (χ4n) is 1.26. The van der Waals surface area contributed by atoms with Crippen LogP contribution in [0, 0.1) is 0 Å². The highest BCUT2D eigenvalue weighted by Crippen LogP contribution is 1.98. The number of nitrogens with two attached hydrogens (primary N) is 1. The van der Waals surface area contributed by atoms with Crippen molar-refractivity contribution in [2.45, 2.75) is 26.3 Å². The van der Waals surface area contributed by atoms with Crippen molar-refractivity contribution in [1.82, 2.24) is 10.6 Å². The summed E-state index contributed by atoms with van der Waals surface area (Å²) in [6.07, 6.45) is 3.68. The van der Waals surface area contributed by atoms with Crippen molar-refractivity contribution >= 4 is 35.8 Å². The average molecular weight is 380 g/mol. The van der Waals surface area contributed by atoms with Crippen LogP contribution in [0.2, 0.25) is 0 Å². The van der Waals surface area contributed by atoms with Crippen LogP contribution in [0.5, 0.6) is 0 Å². The molecule has 0 radical (unpaired) electrons. The highest BCUT2D eigenvalue weighted by molar-refractivity contribution is 14.0. The number of nitrogens with zero attached hydrogens (tertiary/aromatic N) is 1. The molecular formula is C12H21IN4O2. The average Bonchev–Trinajstić information content (AvgIpc) is 2.87. The molecule has 0 atom stereocenters. The lowest BCUT2D eigenvalue weighted by Gasteiger charge is -2.04. The van der Waals surface area contributed by atoms with E-state index in [0.29, 0.717) is 18.3 Å². The van der Waals surface area contributed by atoms with Crippen molar-refractivity contribution in [1.29, 1.82) is 0 Å². The van der Waals surface area contributed by atoms with E-state index in [4.69, 9.17) is 10.2 Å². The normalized spacial score (nSPS) is 10.7. The molecule has 0 saturated heterocycles. The number of nitrogens with one attached hydrogen (secondary N) is 2. The summed E-state index contributed by atoms with van der Waals surface area (Å²) in [5, 5.41) is 5.62. The zero-order valence-electron chi connectivity index (χ0n) is 11.0. The summed E-state index contributed by atoms with van der Waals surface area (Å²) < 4.78 is 5.09. The Morgan fingerprint density at radius 3 is 2.89 bits per heavy atom. The molecule has 0 aliphatic heterocycles. The van der Waals surface area contributed by atoms with Gasteiger partial charge in [-0.2, -0.15) is 0 Å². The molecule has 0 saturated carbocycles. The van der Waals surface area contributed by atoms with E-state index >= 15 is 0 Å². The number of aliphatic imine (C=N–C) groups is 1. The van der Waals surface area contributed by atoms with Gasteiger partial charge in [0.15, 0.2) is 5.96 Å². The van der Waals surface area contributed by atoms with Crippen molar-refractivity contribution in [2.75, 3.05) is 13.1 Å². The van der Waals surface area contributed by atoms with E-state index in [9.17, 15) is 4.79 Å². The number of halogens is 1. The van der Waals surface area contributed by atoms with Crippen LogP contribution >= 0.6 is 24.0 Å². The molecule has 0 aliphatic rings. The predicted molar refractivity (Wildman–Crippen MR) is 85.4 cm³/mol. The molecule has 1 aromatic heterocycles. The van der Waals surface area contributed by atoms with Gasteiger partial charge < -0.3 is 20.8 Å². The van der Waals surface area contributed by atoms with E-state index in [1.165, 1.54) is 0 Å². The zero-order valence-corrected chi connectivity index (χ0v) is 13.3. The van der Waals surface area contributed by atoms with Gasteiger partial charge in [0.05, 0.1) is 12.8 Å². The Bertz CT molecular complexity index is 379. The minimum Gasteiger partial charge on any atom is -0.467 e. The third-order valence-electron chi connectivity index (χ3n) is 2.27. The van der Waals surface area contributed by atoms with E-state index in [-0.39, 0.29) is 36.4 Å². The van der Waals surface area contributed by atoms with Crippen LogP contribution in [0.25, 0.3) is 0 Å². The lowest BCUT2D eigenvalue weighted by Crippen LogP contribution is -2.34. The minimum atomic E-state index is -0.188. The molecule has 0 aromatic carbocycles. The van der Waals surface area contributed by atoms with Gasteiger partial charge in [-0.05, 0) is 18.6 Å². The smallest absolute Gasteiger partial charge is 0.242 e. The van der Waals surface area contributed by atoms with E-state index < -0.39 is 0 Å². The molecule has 0 aliphatic carbocycles. The molecule has 1 heterocycles. The number of furan rings is 1. The van der Waals surface area contributed by atoms with Crippen molar-refractivity contribution in [3.05, 3.63) is 24.2 Å². The molecule has 108 valence electrons. The summed E-state index contributed by atoms with van der Waals surface area (Å²) in [6, 6.07) is 3.57. The van der Waals surface area contributed by atoms with Crippen LogP contribution in [-0.4, -0.2) is 25.0 Å². The van der Waals surface area contributed by atoms with E-state index in [0.717, 1.165) is 19.4 Å². The molecule has 19 heavy (non-hydrogen) atoms. The number of guanidine groups is 1. The number of hydrogen-bond acceptors (Lipinski definition) is 3. The highest BCUT2D eigenvalue weighted by Gasteiger charge is 2.01. The summed E-state index contributed by atoms with van der Waals surface area (Å²) in [6.45, 7) is 3.26. The van der Waals surface area contributed by atoms with E-state index in [1.54, 1.807) is 18.4 Å². The summed E-state index contributed by atoms with van der Waals surface area (Å²) in [4.78, 5) is 15.4. The second-order valence-electron chi connectivity index (χ2n) is 3.84. The molecule has 0 bridgehead atoms. The summed E-state index contributed by atoms with van der Waals surface area (Å²) in [7, 11) is 0. The second kappa shape index (κ2) is 10.7. The number of rotatable bonds is 7. The predicted octanol–water partition coefficient (Wildman–Crippen LogP) is 1.22. The first-order chi connectivity index (χ1) is 8.72. The maximum absolute atomic E-state index is 11.4. The summed E-state index contributed by atoms with van der Waals surface area (Å²) >= 11 is 0. The molecule has 4 N–H and O–H groups in total. The third-order valence-corrected chi connectivity index (χ3v) is 2.27. The number of carbonyl (C=O) groups is 1. The number of unbranched alkanes of at least 4 members (excludes halogenated alkanes) is 1. The van der Waals surface area contributed by atoms with Gasteiger partial charge in [0.25, 0.3) is 0 Å². The van der Waals surface area contributed by atoms with Crippen LogP contribution in [0.1, 0.15) is 25.5 Å². The Hall–Kier alpha value is -1.25. The molecule has 0 fully saturated rings. The number of amides is 1. The Balaban J connectivity index is 0.00000324. The standard InChI is InChI=1S/C12H20N4O2.HI/c1-2-3-6-14-12(13)16-9-11(17)15-8-10-5-4-7-18-10;/h4-5,7H,2-3,6,8-9H2,1H3,(H,15,17)(H3,13,14,16);1H. The van der Waals surface area contributed by atoms with Crippen molar-refractivity contribution in [3.8, 4) is 0 Å². The van der Waals surface area contributed by atoms with Gasteiger partial charge in [-0.1, -0.05) is 13.3 Å². The van der Waals surface area contributed by atoms with Gasteiger partial charge in [0.1, 0.15) is 12.3 Å². The summed E-state index contributed by atoms with van der Waals surface area (Å²) in [5.74, 6) is 0.824. The lowest BCUT2D eigenvalue weighted by molar-refractivity contribution is -0.119. The Morgan fingerprint density at radius 2 is 2.26 bits per heavy atom. The monoisotopic (exact) mass is 380 g/mol. The molecule has 1 amide bonds. The number of carbonyl (C=O) groups excluding carboxylic acids is 1. The minimum absolute atomic E-state index is 0. The highest BCUT2D eigenvalue weighted by atomic mass is 127. The van der Waals surface area contributed by atoms with Gasteiger partial charge in [-0.25, -0.2) is 4.99 Å². The van der Waals surface area contributed by atoms with Crippen LogP contribution in [0.4, 0.5) is 0 Å². The first-order valence-electron chi connectivity index (χ1n) is 6.05. The second-order valence-corrected chi connectivity index (χ2v) is 3.84.